The Kier molecular flexibility index (Phi) is 3.01. The molecule has 1 fully saturated rings. The summed E-state index contributed by atoms with van der Waals surface area (Å²) in [5, 5.41) is 18.3. The van der Waals surface area contributed by atoms with Crippen LogP contribution in [0.25, 0.3) is 0 Å². The number of nitrogens with zero attached hydrogens (tertiary/aromatic N) is 1. The molecule has 94 valence electrons. The highest BCUT2D eigenvalue weighted by Crippen LogP contribution is 2.27. The first kappa shape index (κ1) is 12.1. The van der Waals surface area contributed by atoms with Crippen molar-refractivity contribution >= 4 is 23.5 Å². The predicted molar refractivity (Wildman–Crippen MR) is 61.4 cm³/mol. The Bertz CT molecular complexity index is 521. The van der Waals surface area contributed by atoms with E-state index in [1.807, 2.05) is 0 Å². The van der Waals surface area contributed by atoms with Crippen LogP contribution in [0.15, 0.2) is 18.2 Å². The van der Waals surface area contributed by atoms with E-state index in [9.17, 15) is 19.5 Å². The number of aromatic carboxylic acids is 1. The molecule has 1 aliphatic rings. The second-order valence-corrected chi connectivity index (χ2v) is 3.98. The van der Waals surface area contributed by atoms with E-state index in [0.29, 0.717) is 6.42 Å². The van der Waals surface area contributed by atoms with Crippen molar-refractivity contribution in [2.75, 3.05) is 4.90 Å². The second kappa shape index (κ2) is 4.48. The Morgan fingerprint density at radius 2 is 1.78 bits per heavy atom. The fraction of sp³-hybridized carbons (Fsp3) is 0.250. The van der Waals surface area contributed by atoms with Crippen LogP contribution < -0.4 is 4.90 Å². The third-order valence-electron chi connectivity index (χ3n) is 2.75. The molecule has 18 heavy (non-hydrogen) atoms. The highest BCUT2D eigenvalue weighted by atomic mass is 16.4. The van der Waals surface area contributed by atoms with Crippen LogP contribution in [0.5, 0.6) is 5.75 Å². The number of carbonyl (C=O) groups excluding carboxylic acids is 2. The topological polar surface area (TPSA) is 94.9 Å². The number of aromatic hydroxyl groups is 1. The molecule has 1 heterocycles. The largest absolute Gasteiger partial charge is 0.507 e. The van der Waals surface area contributed by atoms with Gasteiger partial charge in [0.25, 0.3) is 0 Å². The van der Waals surface area contributed by atoms with Crippen molar-refractivity contribution in [3.63, 3.8) is 0 Å². The molecular formula is C12H11NO5. The fourth-order valence-electron chi connectivity index (χ4n) is 1.88. The molecule has 1 aromatic carbocycles. The lowest BCUT2D eigenvalue weighted by Crippen LogP contribution is -2.40. The van der Waals surface area contributed by atoms with Gasteiger partial charge in [-0.3, -0.25) is 14.5 Å². The Morgan fingerprint density at radius 1 is 1.17 bits per heavy atom. The van der Waals surface area contributed by atoms with Crippen LogP contribution in [0.2, 0.25) is 0 Å². The number of benzene rings is 1. The molecule has 1 aliphatic heterocycles. The monoisotopic (exact) mass is 249 g/mol. The lowest BCUT2D eigenvalue weighted by molar-refractivity contribution is -0.129. The molecule has 0 spiro atoms. The number of carboxylic acids is 1. The van der Waals surface area contributed by atoms with Crippen molar-refractivity contribution in [1.29, 1.82) is 0 Å². The molecule has 0 unspecified atom stereocenters. The van der Waals surface area contributed by atoms with Crippen molar-refractivity contribution in [1.82, 2.24) is 0 Å². The van der Waals surface area contributed by atoms with E-state index >= 15 is 0 Å². The molecule has 0 bridgehead atoms. The third kappa shape index (κ3) is 2.04. The van der Waals surface area contributed by atoms with Crippen LogP contribution in [-0.4, -0.2) is 28.0 Å². The minimum absolute atomic E-state index is 0.201. The molecule has 1 saturated heterocycles. The van der Waals surface area contributed by atoms with Gasteiger partial charge in [0.2, 0.25) is 11.8 Å². The Morgan fingerprint density at radius 3 is 2.28 bits per heavy atom. The molecule has 0 saturated carbocycles. The summed E-state index contributed by atoms with van der Waals surface area (Å²) >= 11 is 0. The van der Waals surface area contributed by atoms with Gasteiger partial charge in [0.1, 0.15) is 11.3 Å². The van der Waals surface area contributed by atoms with Crippen molar-refractivity contribution < 1.29 is 24.6 Å². The SMILES string of the molecule is O=C(O)c1ccc(N2C(=O)CCCC2=O)cc1O. The van der Waals surface area contributed by atoms with Crippen molar-refractivity contribution in [3.8, 4) is 5.75 Å². The average Bonchev–Trinajstić information content (AvgIpc) is 2.28. The zero-order valence-corrected chi connectivity index (χ0v) is 9.42. The molecule has 6 nitrogen and oxygen atoms in total. The summed E-state index contributed by atoms with van der Waals surface area (Å²) in [7, 11) is 0. The van der Waals surface area contributed by atoms with E-state index in [0.717, 1.165) is 11.0 Å². The first-order chi connectivity index (χ1) is 8.50. The van der Waals surface area contributed by atoms with E-state index in [2.05, 4.69) is 0 Å². The summed E-state index contributed by atoms with van der Waals surface area (Å²) < 4.78 is 0. The highest BCUT2D eigenvalue weighted by Gasteiger charge is 2.28. The Labute approximate surface area is 102 Å². The van der Waals surface area contributed by atoms with E-state index in [-0.39, 0.29) is 35.9 Å². The fourth-order valence-corrected chi connectivity index (χ4v) is 1.88. The van der Waals surface area contributed by atoms with Crippen molar-refractivity contribution in [2.24, 2.45) is 0 Å². The van der Waals surface area contributed by atoms with Crippen molar-refractivity contribution in [3.05, 3.63) is 23.8 Å². The Balaban J connectivity index is 2.39. The number of hydrogen-bond acceptors (Lipinski definition) is 4. The molecule has 0 radical (unpaired) electrons. The normalized spacial score (nSPS) is 15.9. The van der Waals surface area contributed by atoms with E-state index < -0.39 is 11.7 Å². The standard InChI is InChI=1S/C12H11NO5/c14-9-6-7(4-5-8(9)12(17)18)13-10(15)2-1-3-11(13)16/h4-6,14H,1-3H2,(H,17,18). The van der Waals surface area contributed by atoms with Crippen LogP contribution >= 0.6 is 0 Å². The van der Waals surface area contributed by atoms with Gasteiger partial charge in [-0.25, -0.2) is 4.79 Å². The lowest BCUT2D eigenvalue weighted by atomic mass is 10.1. The molecule has 2 rings (SSSR count). The maximum absolute atomic E-state index is 11.6. The van der Waals surface area contributed by atoms with E-state index in [1.165, 1.54) is 12.1 Å². The van der Waals surface area contributed by atoms with Crippen LogP contribution in [0.1, 0.15) is 29.6 Å². The molecule has 0 aromatic heterocycles. The maximum atomic E-state index is 11.6. The summed E-state index contributed by atoms with van der Waals surface area (Å²) in [5.74, 6) is -2.41. The maximum Gasteiger partial charge on any atom is 0.339 e. The van der Waals surface area contributed by atoms with E-state index in [1.54, 1.807) is 0 Å². The van der Waals surface area contributed by atoms with Gasteiger partial charge < -0.3 is 10.2 Å². The summed E-state index contributed by atoms with van der Waals surface area (Å²) in [6, 6.07) is 3.62. The van der Waals surface area contributed by atoms with Crippen LogP contribution in [-0.2, 0) is 9.59 Å². The highest BCUT2D eigenvalue weighted by molar-refractivity contribution is 6.16. The first-order valence-corrected chi connectivity index (χ1v) is 5.43. The van der Waals surface area contributed by atoms with Gasteiger partial charge in [-0.05, 0) is 18.6 Å². The Hall–Kier alpha value is -2.37. The molecule has 6 heteroatoms. The second-order valence-electron chi connectivity index (χ2n) is 3.98. The summed E-state index contributed by atoms with van der Waals surface area (Å²) in [5.41, 5.74) is -0.0668. The summed E-state index contributed by atoms with van der Waals surface area (Å²) in [4.78, 5) is 35.0. The summed E-state index contributed by atoms with van der Waals surface area (Å²) in [6.45, 7) is 0. The van der Waals surface area contributed by atoms with Gasteiger partial charge >= 0.3 is 5.97 Å². The van der Waals surface area contributed by atoms with Crippen molar-refractivity contribution in [2.45, 2.75) is 19.3 Å². The van der Waals surface area contributed by atoms with E-state index in [4.69, 9.17) is 5.11 Å². The smallest absolute Gasteiger partial charge is 0.339 e. The number of rotatable bonds is 2. The molecule has 2 N–H and O–H groups in total. The molecule has 1 aromatic rings. The summed E-state index contributed by atoms with van der Waals surface area (Å²) in [6.07, 6.45) is 1.06. The number of hydrogen-bond donors (Lipinski definition) is 2. The number of imide groups is 1. The third-order valence-corrected chi connectivity index (χ3v) is 2.75. The number of phenols is 1. The van der Waals surface area contributed by atoms with Gasteiger partial charge in [-0.2, -0.15) is 0 Å². The quantitative estimate of drug-likeness (QED) is 0.766. The van der Waals surface area contributed by atoms with Gasteiger partial charge in [-0.15, -0.1) is 0 Å². The first-order valence-electron chi connectivity index (χ1n) is 5.43. The number of amides is 2. The van der Waals surface area contributed by atoms with Gasteiger partial charge in [-0.1, -0.05) is 0 Å². The number of carboxylic acid groups (broad SMARTS) is 1. The van der Waals surface area contributed by atoms with Gasteiger partial charge in [0.15, 0.2) is 0 Å². The minimum Gasteiger partial charge on any atom is -0.507 e. The zero-order valence-electron chi connectivity index (χ0n) is 9.42. The van der Waals surface area contributed by atoms with Gasteiger partial charge in [0, 0.05) is 18.9 Å². The lowest BCUT2D eigenvalue weighted by Gasteiger charge is -2.25. The molecule has 2 amide bonds. The predicted octanol–water partition coefficient (Wildman–Crippen LogP) is 1.13. The molecular weight excluding hydrogens is 238 g/mol. The minimum atomic E-state index is -1.27. The number of piperidine rings is 1. The molecule has 0 aliphatic carbocycles. The zero-order chi connectivity index (χ0) is 13.3. The van der Waals surface area contributed by atoms with Gasteiger partial charge in [0.05, 0.1) is 5.69 Å². The molecule has 0 atom stereocenters. The average molecular weight is 249 g/mol. The van der Waals surface area contributed by atoms with Crippen LogP contribution in [0.3, 0.4) is 0 Å². The number of anilines is 1. The van der Waals surface area contributed by atoms with Crippen LogP contribution in [0, 0.1) is 0 Å². The number of carbonyl (C=O) groups is 3. The van der Waals surface area contributed by atoms with Crippen LogP contribution in [0.4, 0.5) is 5.69 Å².